The van der Waals surface area contributed by atoms with E-state index in [-0.39, 0.29) is 0 Å². The van der Waals surface area contributed by atoms with E-state index < -0.39 is 0 Å². The number of rotatable bonds is 5. The summed E-state index contributed by atoms with van der Waals surface area (Å²) in [5.74, 6) is 0. The first-order valence-corrected chi connectivity index (χ1v) is 12.8. The quantitative estimate of drug-likeness (QED) is 0.177. The molecule has 6 aromatic rings. The summed E-state index contributed by atoms with van der Waals surface area (Å²) in [6, 6.07) is 43.8. The smallest absolute Gasteiger partial charge is 0.0458 e. The molecule has 178 valence electrons. The molecule has 1 heteroatoms. The zero-order chi connectivity index (χ0) is 25.2. The summed E-state index contributed by atoms with van der Waals surface area (Å²) in [7, 11) is 0. The molecular formula is C36H29N. The van der Waals surface area contributed by atoms with Gasteiger partial charge in [-0.1, -0.05) is 103 Å². The molecule has 0 heterocycles. The van der Waals surface area contributed by atoms with Gasteiger partial charge in [0.2, 0.25) is 0 Å². The summed E-state index contributed by atoms with van der Waals surface area (Å²) < 4.78 is 0. The van der Waals surface area contributed by atoms with Crippen molar-refractivity contribution in [1.82, 2.24) is 0 Å². The highest BCUT2D eigenvalue weighted by atomic mass is 15.1. The molecule has 1 nitrogen and oxygen atoms in total. The molecule has 0 N–H and O–H groups in total. The molecule has 0 bridgehead atoms. The van der Waals surface area contributed by atoms with Crippen molar-refractivity contribution in [2.24, 2.45) is 0 Å². The van der Waals surface area contributed by atoms with Gasteiger partial charge in [0.05, 0.1) is 0 Å². The van der Waals surface area contributed by atoms with Crippen LogP contribution in [-0.4, -0.2) is 0 Å². The second kappa shape index (κ2) is 9.79. The zero-order valence-corrected chi connectivity index (χ0v) is 21.2. The summed E-state index contributed by atoms with van der Waals surface area (Å²) >= 11 is 0. The largest absolute Gasteiger partial charge is 0.315 e. The van der Waals surface area contributed by atoms with Gasteiger partial charge in [-0.05, 0) is 93.7 Å². The second-order valence-electron chi connectivity index (χ2n) is 9.40. The Morgan fingerprint density at radius 1 is 0.514 bits per heavy atom. The average Bonchev–Trinajstić information content (AvgIpc) is 2.97. The Morgan fingerprint density at radius 2 is 1.00 bits per heavy atom. The maximum absolute atomic E-state index is 2.35. The lowest BCUT2D eigenvalue weighted by molar-refractivity contribution is 1.16. The standard InChI is InChI=1S/C36H29N/c1-3-4-12-26(2)37(29-13-6-5-7-14-29)30-22-19-27(20-23-30)28-21-24-35-33-17-9-8-15-31(33)32-16-10-11-18-34(32)36(35)25-28/h3-25H,1-2H3/b4-3-,26-12+. The van der Waals surface area contributed by atoms with Crippen molar-refractivity contribution < 1.29 is 0 Å². The minimum absolute atomic E-state index is 1.14. The van der Waals surface area contributed by atoms with Gasteiger partial charge in [-0.3, -0.25) is 0 Å². The van der Waals surface area contributed by atoms with Crippen molar-refractivity contribution in [2.75, 3.05) is 4.90 Å². The topological polar surface area (TPSA) is 3.24 Å². The highest BCUT2D eigenvalue weighted by molar-refractivity contribution is 6.25. The molecule has 0 aliphatic rings. The highest BCUT2D eigenvalue weighted by Crippen LogP contribution is 2.38. The monoisotopic (exact) mass is 475 g/mol. The molecule has 0 aromatic heterocycles. The molecule has 0 spiro atoms. The van der Waals surface area contributed by atoms with Gasteiger partial charge in [0.1, 0.15) is 0 Å². The fraction of sp³-hybridized carbons (Fsp3) is 0.0556. The molecule has 0 saturated carbocycles. The molecule has 6 rings (SSSR count). The van der Waals surface area contributed by atoms with Crippen LogP contribution in [0.5, 0.6) is 0 Å². The van der Waals surface area contributed by atoms with Crippen LogP contribution in [0.4, 0.5) is 11.4 Å². The Morgan fingerprint density at radius 3 is 1.59 bits per heavy atom. The number of hydrogen-bond donors (Lipinski definition) is 0. The number of benzene rings is 6. The zero-order valence-electron chi connectivity index (χ0n) is 21.2. The Hall–Kier alpha value is -4.62. The van der Waals surface area contributed by atoms with E-state index in [0.717, 1.165) is 11.4 Å². The molecule has 0 unspecified atom stereocenters. The van der Waals surface area contributed by atoms with Crippen molar-refractivity contribution >= 4 is 43.7 Å². The van der Waals surface area contributed by atoms with Gasteiger partial charge < -0.3 is 4.90 Å². The molecule has 6 aromatic carbocycles. The maximum Gasteiger partial charge on any atom is 0.0458 e. The Kier molecular flexibility index (Phi) is 6.04. The average molecular weight is 476 g/mol. The number of allylic oxidation sites excluding steroid dienone is 4. The van der Waals surface area contributed by atoms with Gasteiger partial charge >= 0.3 is 0 Å². The molecule has 0 aliphatic carbocycles. The molecule has 0 fully saturated rings. The lowest BCUT2D eigenvalue weighted by atomic mass is 9.92. The fourth-order valence-corrected chi connectivity index (χ4v) is 5.33. The molecule has 0 aliphatic heterocycles. The number of hydrogen-bond acceptors (Lipinski definition) is 1. The summed E-state index contributed by atoms with van der Waals surface area (Å²) in [6.07, 6.45) is 6.30. The highest BCUT2D eigenvalue weighted by Gasteiger charge is 2.12. The van der Waals surface area contributed by atoms with Crippen LogP contribution in [0.25, 0.3) is 43.4 Å². The van der Waals surface area contributed by atoms with Crippen LogP contribution in [0.15, 0.2) is 145 Å². The van der Waals surface area contributed by atoms with E-state index in [1.165, 1.54) is 49.1 Å². The van der Waals surface area contributed by atoms with E-state index in [4.69, 9.17) is 0 Å². The first kappa shape index (κ1) is 22.8. The van der Waals surface area contributed by atoms with E-state index in [2.05, 4.69) is 151 Å². The van der Waals surface area contributed by atoms with Crippen LogP contribution in [0, 0.1) is 0 Å². The molecule has 0 radical (unpaired) electrons. The van der Waals surface area contributed by atoms with Crippen LogP contribution in [0.1, 0.15) is 13.8 Å². The van der Waals surface area contributed by atoms with E-state index in [9.17, 15) is 0 Å². The van der Waals surface area contributed by atoms with Crippen LogP contribution >= 0.6 is 0 Å². The van der Waals surface area contributed by atoms with Gasteiger partial charge in [0, 0.05) is 17.1 Å². The van der Waals surface area contributed by atoms with Gasteiger partial charge in [-0.2, -0.15) is 0 Å². The van der Waals surface area contributed by atoms with Crippen LogP contribution in [-0.2, 0) is 0 Å². The molecule has 0 atom stereocenters. The normalized spacial score (nSPS) is 12.1. The summed E-state index contributed by atoms with van der Waals surface area (Å²) in [6.45, 7) is 4.20. The number of fused-ring (bicyclic) bond motifs is 6. The van der Waals surface area contributed by atoms with Crippen molar-refractivity contribution in [2.45, 2.75) is 13.8 Å². The van der Waals surface area contributed by atoms with E-state index in [1.807, 2.05) is 6.92 Å². The third kappa shape index (κ3) is 4.19. The van der Waals surface area contributed by atoms with Crippen LogP contribution < -0.4 is 4.90 Å². The van der Waals surface area contributed by atoms with Crippen molar-refractivity contribution in [1.29, 1.82) is 0 Å². The van der Waals surface area contributed by atoms with Crippen molar-refractivity contribution in [3.8, 4) is 11.1 Å². The van der Waals surface area contributed by atoms with Gasteiger partial charge in [0.15, 0.2) is 0 Å². The number of anilines is 2. The minimum atomic E-state index is 1.14. The third-order valence-electron chi connectivity index (χ3n) is 7.10. The van der Waals surface area contributed by atoms with Gasteiger partial charge in [-0.15, -0.1) is 0 Å². The van der Waals surface area contributed by atoms with Crippen LogP contribution in [0.2, 0.25) is 0 Å². The maximum atomic E-state index is 2.35. The van der Waals surface area contributed by atoms with Gasteiger partial charge in [0.25, 0.3) is 0 Å². The molecule has 0 amide bonds. The number of para-hydroxylation sites is 1. The predicted octanol–water partition coefficient (Wildman–Crippen LogP) is 10.4. The summed E-state index contributed by atoms with van der Waals surface area (Å²) in [5, 5.41) is 7.82. The molecule has 37 heavy (non-hydrogen) atoms. The second-order valence-corrected chi connectivity index (χ2v) is 9.40. The SMILES string of the molecule is C/C=C\C=C(/C)N(c1ccccc1)c1ccc(-c2ccc3c4ccccc4c4ccccc4c3c2)cc1. The van der Waals surface area contributed by atoms with Gasteiger partial charge in [-0.25, -0.2) is 0 Å². The summed E-state index contributed by atoms with van der Waals surface area (Å²) in [5.41, 5.74) is 5.90. The first-order chi connectivity index (χ1) is 18.2. The van der Waals surface area contributed by atoms with E-state index >= 15 is 0 Å². The molecular weight excluding hydrogens is 446 g/mol. The number of nitrogens with zero attached hydrogens (tertiary/aromatic N) is 1. The van der Waals surface area contributed by atoms with Crippen LogP contribution in [0.3, 0.4) is 0 Å². The lowest BCUT2D eigenvalue weighted by Crippen LogP contribution is -2.14. The van der Waals surface area contributed by atoms with E-state index in [1.54, 1.807) is 0 Å². The third-order valence-corrected chi connectivity index (χ3v) is 7.10. The Balaban J connectivity index is 1.46. The van der Waals surface area contributed by atoms with E-state index in [0.29, 0.717) is 0 Å². The lowest BCUT2D eigenvalue weighted by Gasteiger charge is -2.26. The van der Waals surface area contributed by atoms with Crippen molar-refractivity contribution in [3.63, 3.8) is 0 Å². The fourth-order valence-electron chi connectivity index (χ4n) is 5.33. The Labute approximate surface area is 218 Å². The summed E-state index contributed by atoms with van der Waals surface area (Å²) in [4.78, 5) is 2.30. The minimum Gasteiger partial charge on any atom is -0.315 e. The Bertz CT molecular complexity index is 1740. The first-order valence-electron chi connectivity index (χ1n) is 12.8. The van der Waals surface area contributed by atoms with Crippen molar-refractivity contribution in [3.05, 3.63) is 145 Å². The predicted molar refractivity (Wildman–Crippen MR) is 162 cm³/mol. The molecule has 0 saturated heterocycles.